The lowest BCUT2D eigenvalue weighted by atomic mass is 10.1. The number of nitrogens with two attached hydrogens (primary N) is 1. The smallest absolute Gasteiger partial charge is 0.339 e. The van der Waals surface area contributed by atoms with Crippen LogP contribution in [0.5, 0.6) is 5.75 Å². The van der Waals surface area contributed by atoms with Crippen molar-refractivity contribution in [3.63, 3.8) is 0 Å². The Morgan fingerprint density at radius 3 is 2.67 bits per heavy atom. The lowest BCUT2D eigenvalue weighted by Gasteiger charge is -2.11. The van der Waals surface area contributed by atoms with E-state index in [9.17, 15) is 4.79 Å². The summed E-state index contributed by atoms with van der Waals surface area (Å²) < 4.78 is 5.48. The first-order valence-electron chi connectivity index (χ1n) is 5.32. The molecule has 0 atom stereocenters. The number of aromatic nitrogens is 1. The summed E-state index contributed by atoms with van der Waals surface area (Å²) in [4.78, 5) is 14.9. The van der Waals surface area contributed by atoms with E-state index in [1.807, 2.05) is 0 Å². The molecule has 0 bridgehead atoms. The fourth-order valence-corrected chi connectivity index (χ4v) is 1.52. The Morgan fingerprint density at radius 2 is 2.00 bits per heavy atom. The van der Waals surface area contributed by atoms with E-state index in [1.54, 1.807) is 36.7 Å². The third-order valence-corrected chi connectivity index (χ3v) is 2.41. The van der Waals surface area contributed by atoms with E-state index in [2.05, 4.69) is 4.98 Å². The number of carbonyl (C=O) groups is 1. The summed E-state index contributed by atoms with van der Waals surface area (Å²) in [7, 11) is 0. The molecule has 1 aromatic heterocycles. The molecule has 0 saturated heterocycles. The Balaban J connectivity index is 2.21. The number of ether oxygens (including phenoxy) is 1. The van der Waals surface area contributed by atoms with Crippen LogP contribution >= 0.6 is 0 Å². The number of nitrogen functional groups attached to an aromatic ring is 1. The number of para-hydroxylation sites is 1. The highest BCUT2D eigenvalue weighted by Gasteiger charge is 2.13. The first kappa shape index (κ1) is 11.9. The van der Waals surface area contributed by atoms with Gasteiger partial charge in [-0.3, -0.25) is 4.98 Å². The summed E-state index contributed by atoms with van der Waals surface area (Å²) >= 11 is 0. The fraction of sp³-hybridized carbons (Fsp3) is 0.0769. The Kier molecular flexibility index (Phi) is 3.43. The number of pyridine rings is 1. The third-order valence-electron chi connectivity index (χ3n) is 2.41. The van der Waals surface area contributed by atoms with Crippen molar-refractivity contribution in [2.75, 3.05) is 5.73 Å². The first-order valence-corrected chi connectivity index (χ1v) is 5.32. The van der Waals surface area contributed by atoms with Crippen molar-refractivity contribution in [3.05, 3.63) is 53.9 Å². The van der Waals surface area contributed by atoms with Gasteiger partial charge in [0.2, 0.25) is 0 Å². The minimum absolute atomic E-state index is 0.0593. The number of carboxylic acid groups (broad SMARTS) is 1. The van der Waals surface area contributed by atoms with Crippen molar-refractivity contribution in [2.45, 2.75) is 6.61 Å². The molecule has 0 amide bonds. The van der Waals surface area contributed by atoms with Crippen LogP contribution in [-0.4, -0.2) is 16.1 Å². The maximum atomic E-state index is 11.0. The van der Waals surface area contributed by atoms with Gasteiger partial charge in [0, 0.05) is 12.4 Å². The Bertz CT molecular complexity index is 555. The Morgan fingerprint density at radius 1 is 1.28 bits per heavy atom. The van der Waals surface area contributed by atoms with Gasteiger partial charge in [-0.15, -0.1) is 0 Å². The van der Waals surface area contributed by atoms with Gasteiger partial charge in [0.15, 0.2) is 5.75 Å². The van der Waals surface area contributed by atoms with Crippen LogP contribution < -0.4 is 10.5 Å². The van der Waals surface area contributed by atoms with Crippen molar-refractivity contribution in [1.29, 1.82) is 0 Å². The number of carboxylic acids is 1. The predicted molar refractivity (Wildman–Crippen MR) is 66.4 cm³/mol. The third kappa shape index (κ3) is 2.57. The minimum Gasteiger partial charge on any atom is -0.486 e. The number of anilines is 1. The van der Waals surface area contributed by atoms with Gasteiger partial charge < -0.3 is 15.6 Å². The summed E-state index contributed by atoms with van der Waals surface area (Å²) in [6.07, 6.45) is 3.29. The van der Waals surface area contributed by atoms with Gasteiger partial charge in [0.05, 0.1) is 5.69 Å². The van der Waals surface area contributed by atoms with Gasteiger partial charge in [0.1, 0.15) is 12.2 Å². The fourth-order valence-electron chi connectivity index (χ4n) is 1.52. The normalized spacial score (nSPS) is 10.0. The second kappa shape index (κ2) is 5.18. The second-order valence-corrected chi connectivity index (χ2v) is 3.67. The van der Waals surface area contributed by atoms with E-state index in [0.717, 1.165) is 5.56 Å². The number of hydrogen-bond acceptors (Lipinski definition) is 4. The molecule has 0 saturated carbocycles. The molecule has 0 fully saturated rings. The zero-order valence-electron chi connectivity index (χ0n) is 9.54. The quantitative estimate of drug-likeness (QED) is 0.803. The molecule has 2 aromatic rings. The largest absolute Gasteiger partial charge is 0.486 e. The molecule has 5 heteroatoms. The summed E-state index contributed by atoms with van der Waals surface area (Å²) in [6, 6.07) is 8.23. The zero-order valence-corrected chi connectivity index (χ0v) is 9.54. The van der Waals surface area contributed by atoms with Crippen LogP contribution in [-0.2, 0) is 6.61 Å². The van der Waals surface area contributed by atoms with E-state index < -0.39 is 5.97 Å². The molecule has 0 aliphatic heterocycles. The molecule has 1 heterocycles. The average Bonchev–Trinajstić information content (AvgIpc) is 2.38. The van der Waals surface area contributed by atoms with Gasteiger partial charge in [-0.05, 0) is 29.8 Å². The molecule has 1 aromatic carbocycles. The molecule has 0 radical (unpaired) electrons. The van der Waals surface area contributed by atoms with E-state index in [-0.39, 0.29) is 17.9 Å². The van der Waals surface area contributed by atoms with Crippen LogP contribution in [0.25, 0.3) is 0 Å². The molecule has 0 unspecified atom stereocenters. The number of nitrogens with zero attached hydrogens (tertiary/aromatic N) is 1. The van der Waals surface area contributed by atoms with E-state index in [0.29, 0.717) is 5.69 Å². The minimum atomic E-state index is -1.06. The molecule has 3 N–H and O–H groups in total. The van der Waals surface area contributed by atoms with Gasteiger partial charge in [-0.1, -0.05) is 6.07 Å². The summed E-state index contributed by atoms with van der Waals surface area (Å²) in [5.74, 6) is -0.867. The lowest BCUT2D eigenvalue weighted by Crippen LogP contribution is -2.06. The summed E-state index contributed by atoms with van der Waals surface area (Å²) in [5.41, 5.74) is 6.98. The molecule has 92 valence electrons. The van der Waals surface area contributed by atoms with Crippen molar-refractivity contribution >= 4 is 11.7 Å². The van der Waals surface area contributed by atoms with Gasteiger partial charge in [-0.25, -0.2) is 4.79 Å². The number of aromatic carboxylic acids is 1. The lowest BCUT2D eigenvalue weighted by molar-refractivity contribution is 0.0692. The number of benzene rings is 1. The monoisotopic (exact) mass is 244 g/mol. The molecule has 0 aliphatic carbocycles. The molecule has 18 heavy (non-hydrogen) atoms. The van der Waals surface area contributed by atoms with Crippen LogP contribution in [0, 0.1) is 0 Å². The van der Waals surface area contributed by atoms with Crippen LogP contribution in [0.3, 0.4) is 0 Å². The Hall–Kier alpha value is -2.56. The van der Waals surface area contributed by atoms with Crippen molar-refractivity contribution in [1.82, 2.24) is 4.98 Å². The van der Waals surface area contributed by atoms with Crippen LogP contribution in [0.15, 0.2) is 42.7 Å². The topological polar surface area (TPSA) is 85.4 Å². The molecule has 0 aliphatic rings. The SMILES string of the molecule is Nc1cccc(C(=O)O)c1OCc1ccncc1. The molecular formula is C13H12N2O3. The zero-order chi connectivity index (χ0) is 13.0. The predicted octanol–water partition coefficient (Wildman–Crippen LogP) is 1.94. The number of rotatable bonds is 4. The van der Waals surface area contributed by atoms with E-state index in [1.165, 1.54) is 6.07 Å². The highest BCUT2D eigenvalue weighted by molar-refractivity contribution is 5.93. The van der Waals surface area contributed by atoms with Gasteiger partial charge in [-0.2, -0.15) is 0 Å². The summed E-state index contributed by atoms with van der Waals surface area (Å²) in [5, 5.41) is 9.04. The standard InChI is InChI=1S/C13H12N2O3/c14-11-3-1-2-10(13(16)17)12(11)18-8-9-4-6-15-7-5-9/h1-7H,8,14H2,(H,16,17). The highest BCUT2D eigenvalue weighted by atomic mass is 16.5. The van der Waals surface area contributed by atoms with Gasteiger partial charge >= 0.3 is 5.97 Å². The van der Waals surface area contributed by atoms with E-state index in [4.69, 9.17) is 15.6 Å². The van der Waals surface area contributed by atoms with Crippen molar-refractivity contribution in [3.8, 4) is 5.75 Å². The van der Waals surface area contributed by atoms with Crippen LogP contribution in [0.4, 0.5) is 5.69 Å². The van der Waals surface area contributed by atoms with Gasteiger partial charge in [0.25, 0.3) is 0 Å². The maximum Gasteiger partial charge on any atom is 0.339 e. The summed E-state index contributed by atoms with van der Waals surface area (Å²) in [6.45, 7) is 0.247. The average molecular weight is 244 g/mol. The van der Waals surface area contributed by atoms with Crippen LogP contribution in [0.1, 0.15) is 15.9 Å². The molecule has 0 spiro atoms. The molecule has 5 nitrogen and oxygen atoms in total. The van der Waals surface area contributed by atoms with E-state index >= 15 is 0 Å². The highest BCUT2D eigenvalue weighted by Crippen LogP contribution is 2.27. The maximum absolute atomic E-state index is 11.0. The first-order chi connectivity index (χ1) is 8.68. The van der Waals surface area contributed by atoms with Crippen molar-refractivity contribution < 1.29 is 14.6 Å². The van der Waals surface area contributed by atoms with Crippen LogP contribution in [0.2, 0.25) is 0 Å². The number of hydrogen-bond donors (Lipinski definition) is 2. The molecular weight excluding hydrogens is 232 g/mol. The second-order valence-electron chi connectivity index (χ2n) is 3.67. The van der Waals surface area contributed by atoms with Crippen molar-refractivity contribution in [2.24, 2.45) is 0 Å². The molecule has 2 rings (SSSR count). The Labute approximate surface area is 104 Å².